The zero-order valence-corrected chi connectivity index (χ0v) is 7.39. The molecule has 1 aromatic rings. The Hall–Kier alpha value is -0.540. The number of rotatable bonds is 2. The van der Waals surface area contributed by atoms with Gasteiger partial charge >= 0.3 is 0 Å². The zero-order valence-electron chi connectivity index (χ0n) is 6.63. The highest BCUT2D eigenvalue weighted by atomic mass is 35.5. The van der Waals surface area contributed by atoms with Crippen LogP contribution < -0.4 is 0 Å². The van der Waals surface area contributed by atoms with Crippen LogP contribution in [0.15, 0.2) is 0 Å². The van der Waals surface area contributed by atoms with Gasteiger partial charge in [0.25, 0.3) is 0 Å². The highest BCUT2D eigenvalue weighted by molar-refractivity contribution is 6.30. The minimum atomic E-state index is 0.110. The molecule has 0 saturated heterocycles. The van der Waals surface area contributed by atoms with Crippen LogP contribution in [-0.2, 0) is 13.5 Å². The van der Waals surface area contributed by atoms with Crippen LogP contribution >= 0.6 is 11.6 Å². The summed E-state index contributed by atoms with van der Waals surface area (Å²) in [6.45, 7) is 1.99. The van der Waals surface area contributed by atoms with Crippen LogP contribution in [0.4, 0.5) is 0 Å². The van der Waals surface area contributed by atoms with Gasteiger partial charge in [0, 0.05) is 20.1 Å². The zero-order chi connectivity index (χ0) is 8.43. The number of aryl methyl sites for hydroxylation is 1. The largest absolute Gasteiger partial charge is 0.396 e. The van der Waals surface area contributed by atoms with Gasteiger partial charge in [-0.15, -0.1) is 0 Å². The molecule has 0 aliphatic heterocycles. The molecule has 1 N–H and O–H groups in total. The van der Waals surface area contributed by atoms with E-state index in [4.69, 9.17) is 16.7 Å². The molecule has 3 nitrogen and oxygen atoms in total. The second kappa shape index (κ2) is 3.24. The third kappa shape index (κ3) is 1.54. The highest BCUT2D eigenvalue weighted by Gasteiger charge is 2.08. The van der Waals surface area contributed by atoms with Gasteiger partial charge in [0.15, 0.2) is 5.15 Å². The van der Waals surface area contributed by atoms with E-state index in [1.165, 1.54) is 0 Å². The predicted octanol–water partition coefficient (Wildman–Crippen LogP) is 0.917. The molecule has 62 valence electrons. The fourth-order valence-electron chi connectivity index (χ4n) is 0.992. The van der Waals surface area contributed by atoms with E-state index < -0.39 is 0 Å². The lowest BCUT2D eigenvalue weighted by Crippen LogP contribution is -2.00. The van der Waals surface area contributed by atoms with Crippen molar-refractivity contribution in [1.82, 2.24) is 9.55 Å². The normalized spacial score (nSPS) is 10.5. The van der Waals surface area contributed by atoms with Crippen molar-refractivity contribution in [1.29, 1.82) is 0 Å². The van der Waals surface area contributed by atoms with Crippen LogP contribution in [0.1, 0.15) is 11.5 Å². The summed E-state index contributed by atoms with van der Waals surface area (Å²) < 4.78 is 1.89. The number of halogens is 1. The summed E-state index contributed by atoms with van der Waals surface area (Å²) in [6.07, 6.45) is 0.566. The molecule has 0 aromatic carbocycles. The molecule has 4 heteroatoms. The topological polar surface area (TPSA) is 38.1 Å². The van der Waals surface area contributed by atoms with Crippen LogP contribution in [0.2, 0.25) is 5.15 Å². The van der Waals surface area contributed by atoms with E-state index in [0.717, 1.165) is 11.5 Å². The molecule has 0 saturated carbocycles. The fraction of sp³-hybridized carbons (Fsp3) is 0.571. The number of imidazole rings is 1. The van der Waals surface area contributed by atoms with Crippen molar-refractivity contribution >= 4 is 11.6 Å². The molecule has 0 fully saturated rings. The lowest BCUT2D eigenvalue weighted by Gasteiger charge is -2.00. The lowest BCUT2D eigenvalue weighted by atomic mass is 10.3. The summed E-state index contributed by atoms with van der Waals surface area (Å²) in [7, 11) is 1.89. The average Bonchev–Trinajstić information content (AvgIpc) is 2.17. The van der Waals surface area contributed by atoms with Crippen molar-refractivity contribution in [3.63, 3.8) is 0 Å². The van der Waals surface area contributed by atoms with Crippen molar-refractivity contribution in [2.45, 2.75) is 13.3 Å². The van der Waals surface area contributed by atoms with Crippen LogP contribution in [0.25, 0.3) is 0 Å². The van der Waals surface area contributed by atoms with Gasteiger partial charge in [-0.05, 0) is 6.92 Å². The Kier molecular flexibility index (Phi) is 2.52. The van der Waals surface area contributed by atoms with Gasteiger partial charge in [-0.25, -0.2) is 4.98 Å². The SMILES string of the molecule is Cc1nc(Cl)c(CCO)n1C. The van der Waals surface area contributed by atoms with Crippen LogP contribution in [0.3, 0.4) is 0 Å². The van der Waals surface area contributed by atoms with Crippen molar-refractivity contribution < 1.29 is 5.11 Å². The fourth-order valence-corrected chi connectivity index (χ4v) is 1.34. The molecule has 0 radical (unpaired) electrons. The molecule has 1 aromatic heterocycles. The molecule has 1 rings (SSSR count). The Morgan fingerprint density at radius 2 is 2.27 bits per heavy atom. The Bertz CT molecular complexity index is 257. The summed E-state index contributed by atoms with van der Waals surface area (Å²) in [5.74, 6) is 0.874. The molecule has 0 amide bonds. The molecular formula is C7H11ClN2O. The number of aliphatic hydroxyl groups excluding tert-OH is 1. The minimum absolute atomic E-state index is 0.110. The third-order valence-electron chi connectivity index (χ3n) is 1.74. The Balaban J connectivity index is 3.02. The molecule has 0 bridgehead atoms. The van der Waals surface area contributed by atoms with E-state index in [9.17, 15) is 0 Å². The molecule has 11 heavy (non-hydrogen) atoms. The van der Waals surface area contributed by atoms with Crippen molar-refractivity contribution in [2.75, 3.05) is 6.61 Å². The second-order valence-electron chi connectivity index (χ2n) is 2.43. The second-order valence-corrected chi connectivity index (χ2v) is 2.79. The summed E-state index contributed by atoms with van der Waals surface area (Å²) in [5.41, 5.74) is 0.895. The molecule has 1 heterocycles. The summed E-state index contributed by atoms with van der Waals surface area (Å²) in [5, 5.41) is 9.18. The number of hydrogen-bond acceptors (Lipinski definition) is 2. The van der Waals surface area contributed by atoms with E-state index in [1.807, 2.05) is 18.5 Å². The maximum absolute atomic E-state index is 8.68. The molecule has 0 unspecified atom stereocenters. The standard InChI is InChI=1S/C7H11ClN2O/c1-5-9-7(8)6(3-4-11)10(5)2/h11H,3-4H2,1-2H3. The lowest BCUT2D eigenvalue weighted by molar-refractivity contribution is 0.297. The van der Waals surface area contributed by atoms with Gasteiger partial charge in [-0.1, -0.05) is 11.6 Å². The third-order valence-corrected chi connectivity index (χ3v) is 2.04. The molecule has 0 atom stereocenters. The number of aliphatic hydroxyl groups is 1. The predicted molar refractivity (Wildman–Crippen MR) is 43.7 cm³/mol. The first kappa shape index (κ1) is 8.56. The maximum atomic E-state index is 8.68. The quantitative estimate of drug-likeness (QED) is 0.724. The van der Waals surface area contributed by atoms with Crippen LogP contribution in [0.5, 0.6) is 0 Å². The van der Waals surface area contributed by atoms with Gasteiger partial charge in [0.1, 0.15) is 5.82 Å². The van der Waals surface area contributed by atoms with Crippen molar-refractivity contribution in [3.05, 3.63) is 16.7 Å². The molecule has 0 aliphatic carbocycles. The first-order valence-electron chi connectivity index (χ1n) is 3.45. The number of hydrogen-bond donors (Lipinski definition) is 1. The van der Waals surface area contributed by atoms with E-state index in [0.29, 0.717) is 11.6 Å². The van der Waals surface area contributed by atoms with Crippen molar-refractivity contribution in [3.8, 4) is 0 Å². The monoisotopic (exact) mass is 174 g/mol. The Morgan fingerprint density at radius 3 is 2.64 bits per heavy atom. The van der Waals surface area contributed by atoms with Gasteiger partial charge in [0.2, 0.25) is 0 Å². The smallest absolute Gasteiger partial charge is 0.150 e. The van der Waals surface area contributed by atoms with Crippen molar-refractivity contribution in [2.24, 2.45) is 7.05 Å². The number of nitrogens with zero attached hydrogens (tertiary/aromatic N) is 2. The van der Waals surface area contributed by atoms with Crippen LogP contribution in [-0.4, -0.2) is 21.3 Å². The van der Waals surface area contributed by atoms with Gasteiger partial charge in [-0.3, -0.25) is 0 Å². The van der Waals surface area contributed by atoms with Gasteiger partial charge < -0.3 is 9.67 Å². The van der Waals surface area contributed by atoms with E-state index in [1.54, 1.807) is 0 Å². The van der Waals surface area contributed by atoms with Crippen LogP contribution in [0, 0.1) is 6.92 Å². The first-order chi connectivity index (χ1) is 5.16. The van der Waals surface area contributed by atoms with E-state index in [-0.39, 0.29) is 6.61 Å². The number of aromatic nitrogens is 2. The molecular weight excluding hydrogens is 164 g/mol. The Labute approximate surface area is 70.6 Å². The van der Waals surface area contributed by atoms with Gasteiger partial charge in [-0.2, -0.15) is 0 Å². The first-order valence-corrected chi connectivity index (χ1v) is 3.83. The Morgan fingerprint density at radius 1 is 1.64 bits per heavy atom. The van der Waals surface area contributed by atoms with Gasteiger partial charge in [0.05, 0.1) is 5.69 Å². The maximum Gasteiger partial charge on any atom is 0.150 e. The molecule has 0 spiro atoms. The highest BCUT2D eigenvalue weighted by Crippen LogP contribution is 2.15. The molecule has 0 aliphatic rings. The van der Waals surface area contributed by atoms with E-state index in [2.05, 4.69) is 4.98 Å². The summed E-state index contributed by atoms with van der Waals surface area (Å²) in [4.78, 5) is 4.05. The average molecular weight is 175 g/mol. The summed E-state index contributed by atoms with van der Waals surface area (Å²) >= 11 is 5.79. The van der Waals surface area contributed by atoms with E-state index >= 15 is 0 Å². The summed E-state index contributed by atoms with van der Waals surface area (Å²) in [6, 6.07) is 0. The minimum Gasteiger partial charge on any atom is -0.396 e.